The molecule has 8 heteroatoms. The van der Waals surface area contributed by atoms with Crippen LogP contribution in [0.5, 0.6) is 11.5 Å². The largest absolute Gasteiger partial charge is 0.508 e. The topological polar surface area (TPSA) is 105 Å². The van der Waals surface area contributed by atoms with Crippen molar-refractivity contribution in [3.05, 3.63) is 53.2 Å². The molecule has 0 spiro atoms. The van der Waals surface area contributed by atoms with Crippen LogP contribution >= 0.6 is 0 Å². The Morgan fingerprint density at radius 2 is 1.82 bits per heavy atom. The average molecular weight is 467 g/mol. The molecule has 180 valence electrons. The van der Waals surface area contributed by atoms with Crippen LogP contribution in [0.3, 0.4) is 0 Å². The zero-order chi connectivity index (χ0) is 24.2. The number of nitrogens with zero attached hydrogens (tertiary/aromatic N) is 2. The Hall–Kier alpha value is -3.36. The zero-order valence-electron chi connectivity index (χ0n) is 19.7. The maximum atomic E-state index is 12.7. The molecule has 0 saturated carbocycles. The van der Waals surface area contributed by atoms with Crippen LogP contribution in [-0.2, 0) is 16.0 Å². The molecule has 0 amide bonds. The van der Waals surface area contributed by atoms with Gasteiger partial charge in [-0.15, -0.1) is 0 Å². The lowest BCUT2D eigenvalue weighted by molar-refractivity contribution is 0.0342. The number of hydrogen-bond donors (Lipinski definition) is 2. The molecular weight excluding hydrogens is 436 g/mol. The van der Waals surface area contributed by atoms with Gasteiger partial charge in [-0.3, -0.25) is 4.90 Å². The number of rotatable bonds is 7. The number of phenolic OH excluding ortho intramolecular Hbond substituents is 2. The van der Waals surface area contributed by atoms with Gasteiger partial charge in [-0.05, 0) is 35.6 Å². The van der Waals surface area contributed by atoms with Crippen LogP contribution in [0.25, 0.3) is 22.5 Å². The van der Waals surface area contributed by atoms with Crippen LogP contribution in [0, 0.1) is 0 Å². The van der Waals surface area contributed by atoms with E-state index in [2.05, 4.69) is 10.1 Å². The Kier molecular flexibility index (Phi) is 7.19. The first-order valence-corrected chi connectivity index (χ1v) is 11.5. The van der Waals surface area contributed by atoms with Crippen LogP contribution in [0.4, 0.5) is 0 Å². The monoisotopic (exact) mass is 466 g/mol. The molecule has 0 radical (unpaired) electrons. The molecule has 2 aromatic carbocycles. The predicted molar refractivity (Wildman–Crippen MR) is 127 cm³/mol. The van der Waals surface area contributed by atoms with E-state index < -0.39 is 5.97 Å². The van der Waals surface area contributed by atoms with Crippen LogP contribution in [-0.4, -0.2) is 59.1 Å². The molecule has 1 saturated heterocycles. The average Bonchev–Trinajstić information content (AvgIpc) is 3.25. The third-order valence-corrected chi connectivity index (χ3v) is 5.92. The summed E-state index contributed by atoms with van der Waals surface area (Å²) in [5.41, 5.74) is 3.31. The van der Waals surface area contributed by atoms with E-state index in [0.29, 0.717) is 22.3 Å². The lowest BCUT2D eigenvalue weighted by Crippen LogP contribution is -2.35. The first-order chi connectivity index (χ1) is 16.4. The van der Waals surface area contributed by atoms with E-state index in [1.165, 1.54) is 6.07 Å². The SMILES string of the molecule is CCOC(=O)c1noc(-c2cc(C(C)C)c(O)cc2O)c1-c1ccc(CN2CCOCC2)cc1. The Labute approximate surface area is 198 Å². The molecular formula is C26H30N2O6. The summed E-state index contributed by atoms with van der Waals surface area (Å²) in [5, 5.41) is 24.9. The second kappa shape index (κ2) is 10.3. The lowest BCUT2D eigenvalue weighted by Gasteiger charge is -2.26. The normalized spacial score (nSPS) is 14.5. The van der Waals surface area contributed by atoms with Crippen LogP contribution < -0.4 is 0 Å². The minimum absolute atomic E-state index is 0.00426. The lowest BCUT2D eigenvalue weighted by atomic mass is 9.94. The van der Waals surface area contributed by atoms with Crippen molar-refractivity contribution in [3.8, 4) is 33.9 Å². The highest BCUT2D eigenvalue weighted by Gasteiger charge is 2.28. The molecule has 8 nitrogen and oxygen atoms in total. The molecule has 1 aliphatic heterocycles. The molecule has 34 heavy (non-hydrogen) atoms. The first kappa shape index (κ1) is 23.8. The van der Waals surface area contributed by atoms with E-state index in [-0.39, 0.29) is 35.5 Å². The fourth-order valence-corrected chi connectivity index (χ4v) is 4.11. The van der Waals surface area contributed by atoms with Crippen molar-refractivity contribution in [2.45, 2.75) is 33.2 Å². The summed E-state index contributed by atoms with van der Waals surface area (Å²) in [6.45, 7) is 9.86. The number of aromatic hydroxyl groups is 2. The molecule has 2 heterocycles. The third-order valence-electron chi connectivity index (χ3n) is 5.92. The van der Waals surface area contributed by atoms with E-state index in [0.717, 1.165) is 38.4 Å². The van der Waals surface area contributed by atoms with Gasteiger partial charge < -0.3 is 24.2 Å². The third kappa shape index (κ3) is 4.93. The van der Waals surface area contributed by atoms with Gasteiger partial charge in [0.25, 0.3) is 0 Å². The number of ether oxygens (including phenoxy) is 2. The molecule has 0 bridgehead atoms. The Morgan fingerprint density at radius 3 is 2.47 bits per heavy atom. The van der Waals surface area contributed by atoms with Gasteiger partial charge >= 0.3 is 5.97 Å². The fraction of sp³-hybridized carbons (Fsp3) is 0.385. The van der Waals surface area contributed by atoms with Gasteiger partial charge in [-0.25, -0.2) is 4.79 Å². The van der Waals surface area contributed by atoms with Gasteiger partial charge in [0.2, 0.25) is 0 Å². The standard InChI is InChI=1S/C26H30N2O6/c1-4-33-26(31)24-23(18-7-5-17(6-8-18)15-28-9-11-32-12-10-28)25(34-27-24)20-13-19(16(2)3)21(29)14-22(20)30/h5-8,13-14,16,29-30H,4,9-12,15H2,1-3H3. The molecule has 2 N–H and O–H groups in total. The van der Waals surface area contributed by atoms with E-state index in [1.54, 1.807) is 13.0 Å². The second-order valence-electron chi connectivity index (χ2n) is 8.62. The molecule has 0 unspecified atom stereocenters. The minimum Gasteiger partial charge on any atom is -0.508 e. The predicted octanol–water partition coefficient (Wildman–Crippen LogP) is 4.55. The number of morpholine rings is 1. The van der Waals surface area contributed by atoms with Crippen molar-refractivity contribution < 1.29 is 29.0 Å². The fourth-order valence-electron chi connectivity index (χ4n) is 4.11. The van der Waals surface area contributed by atoms with Crippen molar-refractivity contribution in [2.24, 2.45) is 0 Å². The molecule has 0 atom stereocenters. The van der Waals surface area contributed by atoms with Gasteiger partial charge in [0.1, 0.15) is 11.5 Å². The highest BCUT2D eigenvalue weighted by atomic mass is 16.5. The second-order valence-corrected chi connectivity index (χ2v) is 8.62. The van der Waals surface area contributed by atoms with Crippen molar-refractivity contribution in [3.63, 3.8) is 0 Å². The first-order valence-electron chi connectivity index (χ1n) is 11.5. The number of esters is 1. The number of benzene rings is 2. The maximum absolute atomic E-state index is 12.7. The Morgan fingerprint density at radius 1 is 1.12 bits per heavy atom. The summed E-state index contributed by atoms with van der Waals surface area (Å²) in [4.78, 5) is 15.0. The van der Waals surface area contributed by atoms with Crippen LogP contribution in [0.2, 0.25) is 0 Å². The highest BCUT2D eigenvalue weighted by Crippen LogP contribution is 2.43. The number of aromatic nitrogens is 1. The number of carbonyl (C=O) groups excluding carboxylic acids is 1. The van der Waals surface area contributed by atoms with Crippen LogP contribution in [0.1, 0.15) is 48.3 Å². The summed E-state index contributed by atoms with van der Waals surface area (Å²) < 4.78 is 16.2. The summed E-state index contributed by atoms with van der Waals surface area (Å²) in [6, 6.07) is 10.8. The Balaban J connectivity index is 1.76. The van der Waals surface area contributed by atoms with Gasteiger partial charge in [0.05, 0.1) is 30.9 Å². The van der Waals surface area contributed by atoms with E-state index >= 15 is 0 Å². The van der Waals surface area contributed by atoms with Crippen molar-refractivity contribution in [2.75, 3.05) is 32.9 Å². The van der Waals surface area contributed by atoms with Crippen LogP contribution in [0.15, 0.2) is 40.9 Å². The summed E-state index contributed by atoms with van der Waals surface area (Å²) >= 11 is 0. The van der Waals surface area contributed by atoms with E-state index in [4.69, 9.17) is 14.0 Å². The smallest absolute Gasteiger partial charge is 0.361 e. The molecule has 3 aromatic rings. The number of hydrogen-bond acceptors (Lipinski definition) is 8. The maximum Gasteiger partial charge on any atom is 0.361 e. The number of phenols is 2. The van der Waals surface area contributed by atoms with Gasteiger partial charge in [-0.2, -0.15) is 0 Å². The van der Waals surface area contributed by atoms with Crippen molar-refractivity contribution in [1.82, 2.24) is 10.1 Å². The van der Waals surface area contributed by atoms with E-state index in [1.807, 2.05) is 38.1 Å². The molecule has 1 fully saturated rings. The minimum atomic E-state index is -0.604. The number of carbonyl (C=O) groups is 1. The molecule has 0 aliphatic carbocycles. The molecule has 4 rings (SSSR count). The van der Waals surface area contributed by atoms with Crippen molar-refractivity contribution >= 4 is 5.97 Å². The van der Waals surface area contributed by atoms with Gasteiger partial charge in [0, 0.05) is 25.7 Å². The van der Waals surface area contributed by atoms with Crippen molar-refractivity contribution in [1.29, 1.82) is 0 Å². The summed E-state index contributed by atoms with van der Waals surface area (Å²) in [7, 11) is 0. The molecule has 1 aromatic heterocycles. The quantitative estimate of drug-likeness (QED) is 0.489. The highest BCUT2D eigenvalue weighted by molar-refractivity contribution is 5.99. The van der Waals surface area contributed by atoms with Gasteiger partial charge in [0.15, 0.2) is 11.5 Å². The zero-order valence-corrected chi connectivity index (χ0v) is 19.7. The Bertz CT molecular complexity index is 1150. The summed E-state index contributed by atoms with van der Waals surface area (Å²) in [6.07, 6.45) is 0. The van der Waals surface area contributed by atoms with Gasteiger partial charge in [-0.1, -0.05) is 43.3 Å². The molecule has 1 aliphatic rings. The van der Waals surface area contributed by atoms with E-state index in [9.17, 15) is 15.0 Å². The summed E-state index contributed by atoms with van der Waals surface area (Å²) in [5.74, 6) is -0.528.